The molecule has 1 heterocycles. The van der Waals surface area contributed by atoms with Crippen LogP contribution in [-0.2, 0) is 4.74 Å². The van der Waals surface area contributed by atoms with E-state index in [1.165, 1.54) is 12.1 Å². The lowest BCUT2D eigenvalue weighted by Gasteiger charge is -2.25. The Morgan fingerprint density at radius 1 is 1.26 bits per heavy atom. The molecule has 0 radical (unpaired) electrons. The molecule has 2 fully saturated rings. The maximum atomic E-state index is 12.9. The molecule has 1 aliphatic carbocycles. The summed E-state index contributed by atoms with van der Waals surface area (Å²) in [5.41, 5.74) is 0.576. The number of halogens is 1. The highest BCUT2D eigenvalue weighted by Gasteiger charge is 2.35. The van der Waals surface area contributed by atoms with E-state index >= 15 is 0 Å². The van der Waals surface area contributed by atoms with Gasteiger partial charge in [0.15, 0.2) is 0 Å². The molecule has 1 aromatic carbocycles. The first kappa shape index (κ1) is 12.6. The van der Waals surface area contributed by atoms with Gasteiger partial charge in [0.1, 0.15) is 5.82 Å². The standard InChI is InChI=1S/C15H18FNO2/c16-13-3-1-12(2-4-13)15(18)17(14-5-6-14)9-11-7-8-19-10-11/h1-4,11,14H,5-10H2. The number of hydrogen-bond acceptors (Lipinski definition) is 2. The molecule has 3 nitrogen and oxygen atoms in total. The van der Waals surface area contributed by atoms with Crippen LogP contribution in [0, 0.1) is 11.7 Å². The monoisotopic (exact) mass is 263 g/mol. The minimum Gasteiger partial charge on any atom is -0.381 e. The summed E-state index contributed by atoms with van der Waals surface area (Å²) in [7, 11) is 0. The molecular formula is C15H18FNO2. The smallest absolute Gasteiger partial charge is 0.254 e. The second kappa shape index (κ2) is 5.29. The second-order valence-corrected chi connectivity index (χ2v) is 5.43. The fourth-order valence-corrected chi connectivity index (χ4v) is 2.55. The van der Waals surface area contributed by atoms with Crippen LogP contribution in [0.5, 0.6) is 0 Å². The Kier molecular flexibility index (Phi) is 3.51. The van der Waals surface area contributed by atoms with E-state index < -0.39 is 0 Å². The molecule has 0 aromatic heterocycles. The molecular weight excluding hydrogens is 245 g/mol. The van der Waals surface area contributed by atoms with Crippen molar-refractivity contribution >= 4 is 5.91 Å². The summed E-state index contributed by atoms with van der Waals surface area (Å²) in [6.45, 7) is 2.31. The van der Waals surface area contributed by atoms with Gasteiger partial charge in [0.2, 0.25) is 0 Å². The van der Waals surface area contributed by atoms with Gasteiger partial charge in [0.05, 0.1) is 6.61 Å². The molecule has 19 heavy (non-hydrogen) atoms. The fraction of sp³-hybridized carbons (Fsp3) is 0.533. The van der Waals surface area contributed by atoms with Crippen LogP contribution in [0.4, 0.5) is 4.39 Å². The highest BCUT2D eigenvalue weighted by Crippen LogP contribution is 2.30. The van der Waals surface area contributed by atoms with Crippen molar-refractivity contribution < 1.29 is 13.9 Å². The first-order valence-electron chi connectivity index (χ1n) is 6.88. The topological polar surface area (TPSA) is 29.5 Å². The van der Waals surface area contributed by atoms with Gasteiger partial charge in [-0.25, -0.2) is 4.39 Å². The van der Waals surface area contributed by atoms with Gasteiger partial charge in [0, 0.05) is 30.7 Å². The van der Waals surface area contributed by atoms with Crippen molar-refractivity contribution in [2.24, 2.45) is 5.92 Å². The van der Waals surface area contributed by atoms with Crippen molar-refractivity contribution in [1.29, 1.82) is 0 Å². The van der Waals surface area contributed by atoms with Gasteiger partial charge >= 0.3 is 0 Å². The van der Waals surface area contributed by atoms with Crippen molar-refractivity contribution in [1.82, 2.24) is 4.90 Å². The van der Waals surface area contributed by atoms with Gasteiger partial charge in [-0.05, 0) is 43.5 Å². The molecule has 1 unspecified atom stereocenters. The van der Waals surface area contributed by atoms with Crippen LogP contribution in [0.1, 0.15) is 29.6 Å². The van der Waals surface area contributed by atoms with Gasteiger partial charge in [-0.1, -0.05) is 0 Å². The molecule has 1 saturated heterocycles. The van der Waals surface area contributed by atoms with Crippen LogP contribution in [0.15, 0.2) is 24.3 Å². The lowest BCUT2D eigenvalue weighted by Crippen LogP contribution is -2.37. The Hall–Kier alpha value is -1.42. The third-order valence-electron chi connectivity index (χ3n) is 3.82. The minimum absolute atomic E-state index is 0.0226. The predicted octanol–water partition coefficient (Wildman–Crippen LogP) is 2.47. The van der Waals surface area contributed by atoms with E-state index in [4.69, 9.17) is 4.74 Å². The van der Waals surface area contributed by atoms with E-state index in [1.54, 1.807) is 12.1 Å². The van der Waals surface area contributed by atoms with E-state index in [-0.39, 0.29) is 11.7 Å². The first-order chi connectivity index (χ1) is 9.24. The summed E-state index contributed by atoms with van der Waals surface area (Å²) in [4.78, 5) is 14.4. The highest BCUT2D eigenvalue weighted by molar-refractivity contribution is 5.94. The third kappa shape index (κ3) is 2.95. The predicted molar refractivity (Wildman–Crippen MR) is 69.4 cm³/mol. The van der Waals surface area contributed by atoms with Gasteiger partial charge in [-0.15, -0.1) is 0 Å². The Morgan fingerprint density at radius 3 is 2.58 bits per heavy atom. The average Bonchev–Trinajstić information content (AvgIpc) is 3.13. The molecule has 0 spiro atoms. The lowest BCUT2D eigenvalue weighted by molar-refractivity contribution is 0.0706. The lowest BCUT2D eigenvalue weighted by atomic mass is 10.1. The molecule has 0 N–H and O–H groups in total. The third-order valence-corrected chi connectivity index (χ3v) is 3.82. The number of hydrogen-bond donors (Lipinski definition) is 0. The summed E-state index contributed by atoms with van der Waals surface area (Å²) in [6.07, 6.45) is 3.20. The van der Waals surface area contributed by atoms with Gasteiger partial charge in [-0.3, -0.25) is 4.79 Å². The van der Waals surface area contributed by atoms with Crippen LogP contribution in [-0.4, -0.2) is 36.6 Å². The minimum atomic E-state index is -0.307. The Morgan fingerprint density at radius 2 is 2.00 bits per heavy atom. The summed E-state index contributed by atoms with van der Waals surface area (Å²) in [6, 6.07) is 6.20. The molecule has 2 aliphatic rings. The zero-order valence-corrected chi connectivity index (χ0v) is 10.8. The van der Waals surface area contributed by atoms with E-state index in [1.807, 2.05) is 4.90 Å². The van der Waals surface area contributed by atoms with E-state index in [0.717, 1.165) is 39.0 Å². The van der Waals surface area contributed by atoms with Crippen LogP contribution >= 0.6 is 0 Å². The average molecular weight is 263 g/mol. The van der Waals surface area contributed by atoms with Crippen LogP contribution in [0.2, 0.25) is 0 Å². The fourth-order valence-electron chi connectivity index (χ4n) is 2.55. The normalized spacial score (nSPS) is 22.5. The summed E-state index contributed by atoms with van der Waals surface area (Å²) in [5, 5.41) is 0. The molecule has 1 aromatic rings. The van der Waals surface area contributed by atoms with Crippen LogP contribution < -0.4 is 0 Å². The number of amides is 1. The van der Waals surface area contributed by atoms with E-state index in [0.29, 0.717) is 17.5 Å². The quantitative estimate of drug-likeness (QED) is 0.835. The Labute approximate surface area is 112 Å². The maximum Gasteiger partial charge on any atom is 0.254 e. The summed E-state index contributed by atoms with van der Waals surface area (Å²) < 4.78 is 18.3. The molecule has 102 valence electrons. The molecule has 4 heteroatoms. The van der Waals surface area contributed by atoms with Crippen LogP contribution in [0.25, 0.3) is 0 Å². The number of nitrogens with zero attached hydrogens (tertiary/aromatic N) is 1. The first-order valence-corrected chi connectivity index (χ1v) is 6.88. The number of carbonyl (C=O) groups is 1. The van der Waals surface area contributed by atoms with Gasteiger partial charge in [0.25, 0.3) is 5.91 Å². The Balaban J connectivity index is 1.71. The molecule has 1 atom stereocenters. The number of carbonyl (C=O) groups excluding carboxylic acids is 1. The maximum absolute atomic E-state index is 12.9. The Bertz CT molecular complexity index is 450. The van der Waals surface area contributed by atoms with Crippen molar-refractivity contribution in [3.63, 3.8) is 0 Å². The largest absolute Gasteiger partial charge is 0.381 e. The van der Waals surface area contributed by atoms with Crippen molar-refractivity contribution in [3.8, 4) is 0 Å². The number of ether oxygens (including phenoxy) is 1. The van der Waals surface area contributed by atoms with Gasteiger partial charge in [-0.2, -0.15) is 0 Å². The molecule has 0 bridgehead atoms. The summed E-state index contributed by atoms with van der Waals surface area (Å²) in [5.74, 6) is 0.165. The van der Waals surface area contributed by atoms with Crippen LogP contribution in [0.3, 0.4) is 0 Å². The highest BCUT2D eigenvalue weighted by atomic mass is 19.1. The van der Waals surface area contributed by atoms with Gasteiger partial charge < -0.3 is 9.64 Å². The number of benzene rings is 1. The second-order valence-electron chi connectivity index (χ2n) is 5.43. The van der Waals surface area contributed by atoms with Crippen molar-refractivity contribution in [2.45, 2.75) is 25.3 Å². The zero-order valence-electron chi connectivity index (χ0n) is 10.8. The van der Waals surface area contributed by atoms with Crippen molar-refractivity contribution in [2.75, 3.05) is 19.8 Å². The molecule has 1 amide bonds. The van der Waals surface area contributed by atoms with E-state index in [2.05, 4.69) is 0 Å². The molecule has 1 aliphatic heterocycles. The zero-order chi connectivity index (χ0) is 13.2. The molecule has 1 saturated carbocycles. The van der Waals surface area contributed by atoms with E-state index in [9.17, 15) is 9.18 Å². The summed E-state index contributed by atoms with van der Waals surface area (Å²) >= 11 is 0. The molecule has 3 rings (SSSR count). The SMILES string of the molecule is O=C(c1ccc(F)cc1)N(CC1CCOC1)C1CC1. The van der Waals surface area contributed by atoms with Crippen molar-refractivity contribution in [3.05, 3.63) is 35.6 Å². The number of rotatable bonds is 4.